The monoisotopic (exact) mass is 227 g/mol. The van der Waals surface area contributed by atoms with E-state index in [9.17, 15) is 10.1 Å². The molecule has 0 radical (unpaired) electrons. The van der Waals surface area contributed by atoms with Crippen LogP contribution in [0.5, 0.6) is 0 Å². The number of aliphatic imine (C=N–C) groups is 1. The van der Waals surface area contributed by atoms with Gasteiger partial charge in [-0.25, -0.2) is 4.99 Å². The van der Waals surface area contributed by atoms with E-state index in [0.29, 0.717) is 18.8 Å². The third-order valence-electron chi connectivity index (χ3n) is 2.56. The molecule has 1 atom stereocenters. The Morgan fingerprint density at radius 2 is 2.31 bits per heavy atom. The summed E-state index contributed by atoms with van der Waals surface area (Å²) in [5.41, 5.74) is 10.5. The molecule has 0 saturated carbocycles. The van der Waals surface area contributed by atoms with E-state index in [1.165, 1.54) is 0 Å². The third-order valence-corrected chi connectivity index (χ3v) is 2.56. The predicted molar refractivity (Wildman–Crippen MR) is 61.4 cm³/mol. The fourth-order valence-corrected chi connectivity index (χ4v) is 1.60. The molecule has 1 heterocycles. The van der Waals surface area contributed by atoms with E-state index in [0.717, 1.165) is 6.20 Å². The second kappa shape index (κ2) is 4.58. The van der Waals surface area contributed by atoms with Crippen molar-refractivity contribution in [2.75, 3.05) is 20.6 Å². The number of amidine groups is 1. The quantitative estimate of drug-likeness (QED) is 0.497. The van der Waals surface area contributed by atoms with E-state index in [2.05, 4.69) is 4.99 Å². The summed E-state index contributed by atoms with van der Waals surface area (Å²) in [5, 5.41) is 10.9. The maximum absolute atomic E-state index is 10.9. The number of hydrogen-bond acceptors (Lipinski definition) is 6. The highest BCUT2D eigenvalue weighted by Crippen LogP contribution is 2.26. The van der Waals surface area contributed by atoms with Gasteiger partial charge in [0, 0.05) is 6.42 Å². The number of nitro groups is 1. The average molecular weight is 227 g/mol. The van der Waals surface area contributed by atoms with Gasteiger partial charge in [0.05, 0.1) is 4.92 Å². The summed E-state index contributed by atoms with van der Waals surface area (Å²) in [6, 6.07) is 0. The molecular formula is C9H17N5O2. The maximum atomic E-state index is 10.9. The minimum atomic E-state index is -1.01. The van der Waals surface area contributed by atoms with Gasteiger partial charge < -0.3 is 16.4 Å². The number of nitrogens with two attached hydrogens (primary N) is 2. The van der Waals surface area contributed by atoms with Crippen molar-refractivity contribution in [2.45, 2.75) is 18.4 Å². The lowest BCUT2D eigenvalue weighted by Gasteiger charge is -2.29. The maximum Gasteiger partial charge on any atom is 0.284 e. The Morgan fingerprint density at radius 1 is 1.69 bits per heavy atom. The molecule has 90 valence electrons. The van der Waals surface area contributed by atoms with Crippen LogP contribution in [0.3, 0.4) is 0 Å². The Labute approximate surface area is 94.0 Å². The van der Waals surface area contributed by atoms with Gasteiger partial charge in [-0.15, -0.1) is 0 Å². The van der Waals surface area contributed by atoms with Crippen molar-refractivity contribution in [2.24, 2.45) is 16.5 Å². The summed E-state index contributed by atoms with van der Waals surface area (Å²) in [4.78, 5) is 16.1. The van der Waals surface area contributed by atoms with Crippen LogP contribution in [0.15, 0.2) is 16.9 Å². The summed E-state index contributed by atoms with van der Waals surface area (Å²) < 4.78 is 0. The first kappa shape index (κ1) is 12.6. The van der Waals surface area contributed by atoms with Gasteiger partial charge in [0.2, 0.25) is 0 Å². The first-order chi connectivity index (χ1) is 7.35. The fourth-order valence-electron chi connectivity index (χ4n) is 1.60. The molecule has 4 N–H and O–H groups in total. The Bertz CT molecular complexity index is 350. The van der Waals surface area contributed by atoms with Crippen LogP contribution < -0.4 is 11.5 Å². The molecule has 16 heavy (non-hydrogen) atoms. The molecular weight excluding hydrogens is 210 g/mol. The van der Waals surface area contributed by atoms with Crippen molar-refractivity contribution in [3.63, 3.8) is 0 Å². The molecule has 0 aliphatic carbocycles. The minimum absolute atomic E-state index is 0.0662. The molecule has 1 aliphatic heterocycles. The Hall–Kier alpha value is -1.47. The van der Waals surface area contributed by atoms with Crippen molar-refractivity contribution in [3.8, 4) is 0 Å². The van der Waals surface area contributed by atoms with E-state index in [1.807, 2.05) is 19.0 Å². The van der Waals surface area contributed by atoms with Crippen LogP contribution in [0.2, 0.25) is 0 Å². The molecule has 0 aromatic carbocycles. The summed E-state index contributed by atoms with van der Waals surface area (Å²) in [6.07, 6.45) is 1.87. The predicted octanol–water partition coefficient (Wildman–Crippen LogP) is -0.485. The summed E-state index contributed by atoms with van der Waals surface area (Å²) in [5.74, 6) is 0.340. The Balaban J connectivity index is 2.88. The van der Waals surface area contributed by atoms with Gasteiger partial charge in [-0.1, -0.05) is 0 Å². The number of nitrogens with zero attached hydrogens (tertiary/aromatic N) is 3. The highest BCUT2D eigenvalue weighted by Gasteiger charge is 2.41. The number of rotatable bonds is 4. The largest absolute Gasteiger partial charge is 0.387 e. The van der Waals surface area contributed by atoms with Crippen LogP contribution in [0, 0.1) is 10.1 Å². The molecule has 0 bridgehead atoms. The second-order valence-electron chi connectivity index (χ2n) is 4.28. The topological polar surface area (TPSA) is 111 Å². The Kier molecular flexibility index (Phi) is 3.61. The minimum Gasteiger partial charge on any atom is -0.387 e. The average Bonchev–Trinajstić information content (AvgIpc) is 2.14. The molecule has 1 unspecified atom stereocenters. The summed E-state index contributed by atoms with van der Waals surface area (Å²) in [6.45, 7) is 0.662. The van der Waals surface area contributed by atoms with Crippen LogP contribution in [-0.4, -0.2) is 41.8 Å². The molecule has 0 fully saturated rings. The zero-order chi connectivity index (χ0) is 12.3. The van der Waals surface area contributed by atoms with Gasteiger partial charge in [-0.2, -0.15) is 0 Å². The summed E-state index contributed by atoms with van der Waals surface area (Å²) in [7, 11) is 3.78. The smallest absolute Gasteiger partial charge is 0.284 e. The molecule has 0 aromatic rings. The molecule has 0 spiro atoms. The first-order valence-corrected chi connectivity index (χ1v) is 4.96. The second-order valence-corrected chi connectivity index (χ2v) is 4.28. The van der Waals surface area contributed by atoms with Gasteiger partial charge in [-0.05, 0) is 27.1 Å². The van der Waals surface area contributed by atoms with Crippen molar-refractivity contribution < 1.29 is 4.92 Å². The van der Waals surface area contributed by atoms with Crippen LogP contribution in [-0.2, 0) is 0 Å². The van der Waals surface area contributed by atoms with Gasteiger partial charge in [0.25, 0.3) is 5.70 Å². The van der Waals surface area contributed by atoms with Crippen molar-refractivity contribution in [1.82, 2.24) is 4.90 Å². The SMILES string of the molecule is CN(C)CCC1(N)CC(N)=NC=C1[N+](=O)[O-]. The third kappa shape index (κ3) is 2.77. The standard InChI is InChI=1S/C9H17N5O2/c1-13(2)4-3-9(11)5-8(10)12-6-7(9)14(15)16/h6H,3-5,11H2,1-2H3,(H2,10,12). The van der Waals surface area contributed by atoms with E-state index < -0.39 is 10.5 Å². The normalized spacial score (nSPS) is 25.2. The van der Waals surface area contributed by atoms with Gasteiger partial charge in [0.15, 0.2) is 0 Å². The van der Waals surface area contributed by atoms with Gasteiger partial charge >= 0.3 is 0 Å². The van der Waals surface area contributed by atoms with Crippen molar-refractivity contribution in [3.05, 3.63) is 22.0 Å². The highest BCUT2D eigenvalue weighted by molar-refractivity contribution is 5.83. The zero-order valence-corrected chi connectivity index (χ0v) is 9.51. The van der Waals surface area contributed by atoms with Crippen LogP contribution >= 0.6 is 0 Å². The fraction of sp³-hybridized carbons (Fsp3) is 0.667. The lowest BCUT2D eigenvalue weighted by molar-refractivity contribution is -0.435. The van der Waals surface area contributed by atoms with Gasteiger partial charge in [-0.3, -0.25) is 10.1 Å². The first-order valence-electron chi connectivity index (χ1n) is 4.96. The molecule has 0 saturated heterocycles. The van der Waals surface area contributed by atoms with E-state index in [1.54, 1.807) is 0 Å². The lowest BCUT2D eigenvalue weighted by Crippen LogP contribution is -2.50. The van der Waals surface area contributed by atoms with Gasteiger partial charge in [0.1, 0.15) is 17.6 Å². The molecule has 0 aromatic heterocycles. The Morgan fingerprint density at radius 3 is 2.81 bits per heavy atom. The highest BCUT2D eigenvalue weighted by atomic mass is 16.6. The van der Waals surface area contributed by atoms with Crippen LogP contribution in [0.4, 0.5) is 0 Å². The molecule has 1 rings (SSSR count). The molecule has 1 aliphatic rings. The summed E-state index contributed by atoms with van der Waals surface area (Å²) >= 11 is 0. The van der Waals surface area contributed by atoms with Crippen LogP contribution in [0.25, 0.3) is 0 Å². The zero-order valence-electron chi connectivity index (χ0n) is 9.51. The van der Waals surface area contributed by atoms with Crippen LogP contribution in [0.1, 0.15) is 12.8 Å². The number of hydrogen-bond donors (Lipinski definition) is 2. The van der Waals surface area contributed by atoms with E-state index in [-0.39, 0.29) is 12.1 Å². The molecule has 0 amide bonds. The lowest BCUT2D eigenvalue weighted by atomic mass is 9.87. The van der Waals surface area contributed by atoms with Crippen molar-refractivity contribution in [1.29, 1.82) is 0 Å². The molecule has 7 nitrogen and oxygen atoms in total. The molecule has 7 heteroatoms. The van der Waals surface area contributed by atoms with E-state index in [4.69, 9.17) is 11.5 Å². The van der Waals surface area contributed by atoms with Crippen molar-refractivity contribution >= 4 is 5.84 Å². The van der Waals surface area contributed by atoms with E-state index >= 15 is 0 Å².